The number of nitrogens with zero attached hydrogens (tertiary/aromatic N) is 1. The highest BCUT2D eigenvalue weighted by atomic mass is 16.6. The maximum atomic E-state index is 10.4. The van der Waals surface area contributed by atoms with Crippen LogP contribution in [0.1, 0.15) is 0 Å². The average Bonchev–Trinajstić information content (AvgIpc) is 1.85. The Hall–Kier alpha value is -1.19. The molecule has 0 atom stereocenters. The van der Waals surface area contributed by atoms with Gasteiger partial charge in [-0.2, -0.15) is 0 Å². The zero-order valence-corrected chi connectivity index (χ0v) is 4.47. The van der Waals surface area contributed by atoms with Crippen molar-refractivity contribution < 1.29 is 9.53 Å². The van der Waals surface area contributed by atoms with Gasteiger partial charge in [0.05, 0.1) is 0 Å². The summed E-state index contributed by atoms with van der Waals surface area (Å²) < 4.78 is 4.45. The van der Waals surface area contributed by atoms with E-state index in [4.69, 9.17) is 0 Å². The molecule has 44 valence electrons. The molecule has 1 N–H and O–H groups in total. The van der Waals surface area contributed by atoms with Gasteiger partial charge in [0.25, 0.3) is 0 Å². The molecule has 1 aliphatic heterocycles. The topological polar surface area (TPSA) is 41.6 Å². The van der Waals surface area contributed by atoms with Gasteiger partial charge in [-0.1, -0.05) is 0 Å². The first-order valence-electron chi connectivity index (χ1n) is 2.11. The summed E-state index contributed by atoms with van der Waals surface area (Å²) in [5.74, 6) is 0.275. The van der Waals surface area contributed by atoms with Crippen molar-refractivity contribution in [2.45, 2.75) is 0 Å². The van der Waals surface area contributed by atoms with Crippen molar-refractivity contribution in [2.75, 3.05) is 7.05 Å². The number of hydrazine groups is 1. The highest BCUT2D eigenvalue weighted by molar-refractivity contribution is 5.69. The van der Waals surface area contributed by atoms with E-state index in [0.717, 1.165) is 0 Å². The molecular weight excluding hydrogens is 108 g/mol. The first-order chi connectivity index (χ1) is 3.70. The van der Waals surface area contributed by atoms with E-state index in [2.05, 4.69) is 16.7 Å². The van der Waals surface area contributed by atoms with Crippen LogP contribution in [-0.2, 0) is 4.74 Å². The smallest absolute Gasteiger partial charge is 0.391 e. The van der Waals surface area contributed by atoms with Crippen LogP contribution in [0.5, 0.6) is 0 Å². The van der Waals surface area contributed by atoms with Crippen LogP contribution in [0.3, 0.4) is 0 Å². The van der Waals surface area contributed by atoms with Gasteiger partial charge in [0, 0.05) is 7.05 Å². The fourth-order valence-corrected chi connectivity index (χ4v) is 0.429. The number of nitrogens with one attached hydrogen (secondary N) is 1. The number of hydrogen-bond acceptors (Lipinski definition) is 3. The summed E-state index contributed by atoms with van der Waals surface area (Å²) in [6, 6.07) is 0. The van der Waals surface area contributed by atoms with E-state index in [1.807, 2.05) is 0 Å². The van der Waals surface area contributed by atoms with Gasteiger partial charge in [-0.25, -0.2) is 9.80 Å². The molecule has 0 unspecified atom stereocenters. The third kappa shape index (κ3) is 0.598. The Bertz CT molecular complexity index is 143. The van der Waals surface area contributed by atoms with Crippen LogP contribution in [0, 0.1) is 0 Å². The largest absolute Gasteiger partial charge is 0.435 e. The van der Waals surface area contributed by atoms with Crippen molar-refractivity contribution in [3.05, 3.63) is 12.5 Å². The highest BCUT2D eigenvalue weighted by Crippen LogP contribution is 2.01. The van der Waals surface area contributed by atoms with Crippen molar-refractivity contribution in [3.63, 3.8) is 0 Å². The Morgan fingerprint density at radius 2 is 2.50 bits per heavy atom. The third-order valence-corrected chi connectivity index (χ3v) is 0.777. The second-order valence-electron chi connectivity index (χ2n) is 1.46. The van der Waals surface area contributed by atoms with Crippen LogP contribution in [0.15, 0.2) is 12.5 Å². The lowest BCUT2D eigenvalue weighted by atomic mass is 11.0. The molecule has 0 saturated carbocycles. The Kier molecular flexibility index (Phi) is 0.865. The number of rotatable bonds is 0. The predicted molar refractivity (Wildman–Crippen MR) is 26.5 cm³/mol. The van der Waals surface area contributed by atoms with Gasteiger partial charge in [0.2, 0.25) is 5.88 Å². The van der Waals surface area contributed by atoms with E-state index in [-0.39, 0.29) is 5.88 Å². The van der Waals surface area contributed by atoms with E-state index in [1.54, 1.807) is 7.05 Å². The molecule has 0 aliphatic carbocycles. The number of carbonyl (C=O) groups is 1. The molecule has 0 radical (unpaired) electrons. The Morgan fingerprint density at radius 1 is 1.88 bits per heavy atom. The van der Waals surface area contributed by atoms with Crippen LogP contribution in [0.4, 0.5) is 4.79 Å². The molecule has 1 saturated heterocycles. The number of amides is 1. The van der Waals surface area contributed by atoms with Gasteiger partial charge >= 0.3 is 6.09 Å². The predicted octanol–water partition coefficient (Wildman–Crippen LogP) is 0.0442. The van der Waals surface area contributed by atoms with E-state index in [1.165, 1.54) is 5.01 Å². The molecule has 4 heteroatoms. The van der Waals surface area contributed by atoms with Gasteiger partial charge in [0.1, 0.15) is 0 Å². The summed E-state index contributed by atoms with van der Waals surface area (Å²) in [6.07, 6.45) is -0.421. The fraction of sp³-hybridized carbons (Fsp3) is 0.250. The summed E-state index contributed by atoms with van der Waals surface area (Å²) in [6.45, 7) is 3.36. The lowest BCUT2D eigenvalue weighted by molar-refractivity contribution is 0.172. The fourth-order valence-electron chi connectivity index (χ4n) is 0.429. The zero-order valence-electron chi connectivity index (χ0n) is 4.47. The second kappa shape index (κ2) is 1.40. The molecule has 1 aliphatic rings. The minimum Gasteiger partial charge on any atom is -0.391 e. The first-order valence-corrected chi connectivity index (χ1v) is 2.11. The minimum atomic E-state index is -0.421. The van der Waals surface area contributed by atoms with Crippen LogP contribution in [0.2, 0.25) is 0 Å². The summed E-state index contributed by atoms with van der Waals surface area (Å²) in [4.78, 5) is 10.4. The van der Waals surface area contributed by atoms with E-state index in [0.29, 0.717) is 0 Å². The second-order valence-corrected chi connectivity index (χ2v) is 1.46. The highest BCUT2D eigenvalue weighted by Gasteiger charge is 2.19. The molecule has 1 rings (SSSR count). The summed E-state index contributed by atoms with van der Waals surface area (Å²) >= 11 is 0. The molecular formula is C4H6N2O2. The number of hydrogen-bond donors (Lipinski definition) is 1. The zero-order chi connectivity index (χ0) is 6.15. The molecule has 1 fully saturated rings. The third-order valence-electron chi connectivity index (χ3n) is 0.777. The lowest BCUT2D eigenvalue weighted by Crippen LogP contribution is -2.27. The van der Waals surface area contributed by atoms with Crippen molar-refractivity contribution in [1.82, 2.24) is 10.4 Å². The number of cyclic esters (lactones) is 1. The average molecular weight is 114 g/mol. The van der Waals surface area contributed by atoms with Gasteiger partial charge < -0.3 is 4.74 Å². The maximum absolute atomic E-state index is 10.4. The van der Waals surface area contributed by atoms with E-state index >= 15 is 0 Å². The maximum Gasteiger partial charge on any atom is 0.435 e. The van der Waals surface area contributed by atoms with Crippen LogP contribution in [-0.4, -0.2) is 18.1 Å². The molecule has 1 heterocycles. The molecule has 0 bridgehead atoms. The van der Waals surface area contributed by atoms with Crippen molar-refractivity contribution >= 4 is 6.09 Å². The molecule has 4 nitrogen and oxygen atoms in total. The van der Waals surface area contributed by atoms with E-state index < -0.39 is 6.09 Å². The van der Waals surface area contributed by atoms with E-state index in [9.17, 15) is 4.79 Å². The quantitative estimate of drug-likeness (QED) is 0.483. The van der Waals surface area contributed by atoms with Gasteiger partial charge in [-0.3, -0.25) is 5.43 Å². The monoisotopic (exact) mass is 114 g/mol. The molecule has 0 aromatic rings. The summed E-state index contributed by atoms with van der Waals surface area (Å²) in [5.41, 5.74) is 2.53. The Morgan fingerprint density at radius 3 is 2.62 bits per heavy atom. The number of carbonyl (C=O) groups excluding carboxylic acids is 1. The molecule has 0 spiro atoms. The summed E-state index contributed by atoms with van der Waals surface area (Å²) in [5, 5.41) is 1.21. The standard InChI is InChI=1S/C4H6N2O2/c1-3-5-6(2)4(7)8-3/h5H,1H2,2H3. The van der Waals surface area contributed by atoms with Crippen LogP contribution >= 0.6 is 0 Å². The molecule has 1 amide bonds. The van der Waals surface area contributed by atoms with Gasteiger partial charge in [-0.15, -0.1) is 0 Å². The number of ether oxygens (including phenoxy) is 1. The molecule has 0 aromatic carbocycles. The van der Waals surface area contributed by atoms with Crippen molar-refractivity contribution in [1.29, 1.82) is 0 Å². The van der Waals surface area contributed by atoms with Crippen molar-refractivity contribution in [2.24, 2.45) is 0 Å². The molecule has 0 aromatic heterocycles. The Labute approximate surface area is 46.7 Å². The SMILES string of the molecule is C=C1NN(C)C(=O)O1. The van der Waals surface area contributed by atoms with Gasteiger partial charge in [0.15, 0.2) is 0 Å². The van der Waals surface area contributed by atoms with Crippen LogP contribution in [0.25, 0.3) is 0 Å². The summed E-state index contributed by atoms with van der Waals surface area (Å²) in [7, 11) is 1.56. The first kappa shape index (κ1) is 4.96. The van der Waals surface area contributed by atoms with Crippen molar-refractivity contribution in [3.8, 4) is 0 Å². The lowest BCUT2D eigenvalue weighted by Gasteiger charge is -2.00. The van der Waals surface area contributed by atoms with Crippen LogP contribution < -0.4 is 5.43 Å². The Balaban J connectivity index is 2.64. The van der Waals surface area contributed by atoms with Gasteiger partial charge in [-0.05, 0) is 6.58 Å². The minimum absolute atomic E-state index is 0.275. The molecule has 8 heavy (non-hydrogen) atoms. The normalized spacial score (nSPS) is 18.4.